The molecule has 0 bridgehead atoms. The quantitative estimate of drug-likeness (QED) is 0.203. The molecule has 0 unspecified atom stereocenters. The van der Waals surface area contributed by atoms with Crippen LogP contribution in [-0.2, 0) is 11.0 Å². The van der Waals surface area contributed by atoms with Gasteiger partial charge >= 0.3 is 0 Å². The highest BCUT2D eigenvalue weighted by molar-refractivity contribution is 6.99. The first-order chi connectivity index (χ1) is 20.0. The lowest BCUT2D eigenvalue weighted by Crippen LogP contribution is -2.66. The minimum atomic E-state index is -2.75. The third-order valence-electron chi connectivity index (χ3n) is 6.85. The smallest absolute Gasteiger partial charge is 0.270 e. The van der Waals surface area contributed by atoms with Crippen LogP contribution in [0.4, 0.5) is 4.39 Å². The van der Waals surface area contributed by atoms with Crippen LogP contribution in [0, 0.1) is 12.7 Å². The highest BCUT2D eigenvalue weighted by atomic mass is 28.4. The van der Waals surface area contributed by atoms with Crippen LogP contribution >= 0.6 is 0 Å². The lowest BCUT2D eigenvalue weighted by Gasteiger charge is -2.43. The summed E-state index contributed by atoms with van der Waals surface area (Å²) >= 11 is 0. The third kappa shape index (κ3) is 6.89. The normalized spacial score (nSPS) is 11.6. The van der Waals surface area contributed by atoms with E-state index in [1.165, 1.54) is 12.1 Å². The van der Waals surface area contributed by atoms with Crippen molar-refractivity contribution in [3.63, 3.8) is 0 Å². The molecule has 0 spiro atoms. The summed E-state index contributed by atoms with van der Waals surface area (Å²) in [4.78, 5) is 32.1. The molecule has 8 nitrogen and oxygen atoms in total. The van der Waals surface area contributed by atoms with Gasteiger partial charge in [0.15, 0.2) is 11.6 Å². The molecule has 1 aromatic heterocycles. The van der Waals surface area contributed by atoms with E-state index in [1.807, 2.05) is 36.4 Å². The van der Waals surface area contributed by atoms with Crippen molar-refractivity contribution in [3.05, 3.63) is 114 Å². The van der Waals surface area contributed by atoms with E-state index >= 15 is 0 Å². The van der Waals surface area contributed by atoms with E-state index in [-0.39, 0.29) is 47.8 Å². The van der Waals surface area contributed by atoms with Crippen LogP contribution < -0.4 is 26.2 Å². The Balaban J connectivity index is 1.45. The Morgan fingerprint density at radius 3 is 2.05 bits per heavy atom. The van der Waals surface area contributed by atoms with Crippen LogP contribution in [0.15, 0.2) is 84.9 Å². The van der Waals surface area contributed by atoms with Gasteiger partial charge in [-0.05, 0) is 40.0 Å². The summed E-state index contributed by atoms with van der Waals surface area (Å²) in [6, 6.07) is 26.1. The zero-order valence-electron chi connectivity index (χ0n) is 24.2. The Kier molecular flexibility index (Phi) is 9.49. The van der Waals surface area contributed by atoms with E-state index in [0.29, 0.717) is 5.56 Å². The van der Waals surface area contributed by atoms with Crippen molar-refractivity contribution >= 4 is 30.5 Å². The second-order valence-corrected chi connectivity index (χ2v) is 15.2. The molecule has 0 saturated carbocycles. The minimum absolute atomic E-state index is 0.00960. The Morgan fingerprint density at radius 2 is 1.48 bits per heavy atom. The van der Waals surface area contributed by atoms with E-state index in [4.69, 9.17) is 14.9 Å². The second kappa shape index (κ2) is 13.0. The Hall–Kier alpha value is -4.41. The molecular weight excluding hydrogens is 551 g/mol. The SMILES string of the molecule is Cc1nc(C(N)=O)cc(C(=O)NCc2ccc(F)c(OCCO[Si](c3ccccc3)(c3ccccc3)C(C)(C)C)c2)n1. The first-order valence-corrected chi connectivity index (χ1v) is 15.5. The predicted octanol–water partition coefficient (Wildman–Crippen LogP) is 3.91. The summed E-state index contributed by atoms with van der Waals surface area (Å²) in [5.74, 6) is -1.49. The van der Waals surface area contributed by atoms with Gasteiger partial charge in [0.2, 0.25) is 0 Å². The van der Waals surface area contributed by atoms with Crippen LogP contribution in [-0.4, -0.2) is 43.3 Å². The van der Waals surface area contributed by atoms with Gasteiger partial charge in [0, 0.05) is 12.6 Å². The maximum Gasteiger partial charge on any atom is 0.270 e. The number of nitrogens with one attached hydrogen (secondary N) is 1. The number of nitrogens with zero attached hydrogens (tertiary/aromatic N) is 2. The van der Waals surface area contributed by atoms with Crippen molar-refractivity contribution in [3.8, 4) is 5.75 Å². The van der Waals surface area contributed by atoms with Gasteiger partial charge in [-0.15, -0.1) is 0 Å². The average molecular weight is 587 g/mol. The predicted molar refractivity (Wildman–Crippen MR) is 162 cm³/mol. The fourth-order valence-corrected chi connectivity index (χ4v) is 9.50. The van der Waals surface area contributed by atoms with Crippen LogP contribution in [0.5, 0.6) is 5.75 Å². The number of amides is 2. The van der Waals surface area contributed by atoms with Crippen molar-refractivity contribution in [1.82, 2.24) is 15.3 Å². The monoisotopic (exact) mass is 586 g/mol. The van der Waals surface area contributed by atoms with Gasteiger partial charge in [-0.3, -0.25) is 9.59 Å². The molecule has 218 valence electrons. The molecule has 3 N–H and O–H groups in total. The molecule has 10 heteroatoms. The zero-order chi connectivity index (χ0) is 30.3. The maximum atomic E-state index is 14.7. The number of hydrogen-bond donors (Lipinski definition) is 2. The number of rotatable bonds is 11. The number of aryl methyl sites for hydroxylation is 1. The summed E-state index contributed by atoms with van der Waals surface area (Å²) in [5.41, 5.74) is 5.86. The van der Waals surface area contributed by atoms with Crippen LogP contribution in [0.3, 0.4) is 0 Å². The lowest BCUT2D eigenvalue weighted by atomic mass is 10.2. The van der Waals surface area contributed by atoms with E-state index in [2.05, 4.69) is 60.3 Å². The summed E-state index contributed by atoms with van der Waals surface area (Å²) in [6.45, 7) is 8.60. The fourth-order valence-electron chi connectivity index (χ4n) is 4.96. The van der Waals surface area contributed by atoms with Crippen molar-refractivity contribution < 1.29 is 23.1 Å². The maximum absolute atomic E-state index is 14.7. The molecule has 0 aliphatic heterocycles. The first kappa shape index (κ1) is 30.5. The Bertz CT molecular complexity index is 1510. The number of primary amides is 1. The van der Waals surface area contributed by atoms with Crippen molar-refractivity contribution in [2.45, 2.75) is 39.3 Å². The van der Waals surface area contributed by atoms with Gasteiger partial charge in [0.25, 0.3) is 20.1 Å². The number of ether oxygens (including phenoxy) is 1. The summed E-state index contributed by atoms with van der Waals surface area (Å²) < 4.78 is 27.3. The lowest BCUT2D eigenvalue weighted by molar-refractivity contribution is 0.0945. The van der Waals surface area contributed by atoms with E-state index < -0.39 is 25.9 Å². The first-order valence-electron chi connectivity index (χ1n) is 13.6. The number of hydrogen-bond acceptors (Lipinski definition) is 6. The van der Waals surface area contributed by atoms with E-state index in [1.54, 1.807) is 19.1 Å². The minimum Gasteiger partial charge on any atom is -0.488 e. The van der Waals surface area contributed by atoms with E-state index in [0.717, 1.165) is 10.4 Å². The molecule has 0 saturated heterocycles. The number of benzene rings is 3. The topological polar surface area (TPSA) is 116 Å². The standard InChI is InChI=1S/C32H35FN4O4Si/c1-22-36-27(30(34)38)20-28(37-22)31(39)35-21-23-15-16-26(33)29(19-23)40-17-18-41-42(32(2,3)4,24-11-7-5-8-12-24)25-13-9-6-10-14-25/h5-16,19-20H,17-18,21H2,1-4H3,(H2,34,38)(H,35,39). The molecular formula is C32H35FN4O4Si. The van der Waals surface area contributed by atoms with Gasteiger partial charge in [-0.25, -0.2) is 14.4 Å². The highest BCUT2D eigenvalue weighted by Gasteiger charge is 2.50. The third-order valence-corrected chi connectivity index (χ3v) is 11.9. The molecule has 0 radical (unpaired) electrons. The Morgan fingerprint density at radius 1 is 0.881 bits per heavy atom. The van der Waals surface area contributed by atoms with Crippen molar-refractivity contribution in [1.29, 1.82) is 0 Å². The van der Waals surface area contributed by atoms with Crippen molar-refractivity contribution in [2.24, 2.45) is 5.73 Å². The van der Waals surface area contributed by atoms with Crippen LogP contribution in [0.2, 0.25) is 5.04 Å². The van der Waals surface area contributed by atoms with Gasteiger partial charge in [-0.1, -0.05) is 87.5 Å². The molecule has 2 amide bonds. The molecule has 0 aliphatic carbocycles. The highest BCUT2D eigenvalue weighted by Crippen LogP contribution is 2.36. The largest absolute Gasteiger partial charge is 0.488 e. The van der Waals surface area contributed by atoms with E-state index in [9.17, 15) is 14.0 Å². The summed E-state index contributed by atoms with van der Waals surface area (Å²) in [5, 5.41) is 4.82. The molecule has 3 aromatic carbocycles. The molecule has 0 aliphatic rings. The van der Waals surface area contributed by atoms with Gasteiger partial charge in [0.05, 0.1) is 6.61 Å². The fraction of sp³-hybridized carbons (Fsp3) is 0.250. The Labute approximate surface area is 246 Å². The van der Waals surface area contributed by atoms with Crippen LogP contribution in [0.1, 0.15) is 53.1 Å². The zero-order valence-corrected chi connectivity index (χ0v) is 25.2. The second-order valence-electron chi connectivity index (χ2n) is 10.9. The number of nitrogens with two attached hydrogens (primary N) is 1. The average Bonchev–Trinajstić information content (AvgIpc) is 2.97. The molecule has 4 rings (SSSR count). The van der Waals surface area contributed by atoms with Crippen LogP contribution in [0.25, 0.3) is 0 Å². The molecule has 1 heterocycles. The molecule has 42 heavy (non-hydrogen) atoms. The number of halogens is 1. The molecule has 4 aromatic rings. The molecule has 0 atom stereocenters. The number of carbonyl (C=O) groups excluding carboxylic acids is 2. The van der Waals surface area contributed by atoms with Gasteiger partial charge in [-0.2, -0.15) is 0 Å². The van der Waals surface area contributed by atoms with Gasteiger partial charge < -0.3 is 20.2 Å². The summed E-state index contributed by atoms with van der Waals surface area (Å²) in [7, 11) is -2.75. The molecule has 0 fully saturated rings. The number of aromatic nitrogens is 2. The van der Waals surface area contributed by atoms with Gasteiger partial charge in [0.1, 0.15) is 23.8 Å². The number of carbonyl (C=O) groups is 2. The summed E-state index contributed by atoms with van der Waals surface area (Å²) in [6.07, 6.45) is 0. The van der Waals surface area contributed by atoms with Crippen molar-refractivity contribution in [2.75, 3.05) is 13.2 Å².